The summed E-state index contributed by atoms with van der Waals surface area (Å²) in [6.45, 7) is 4.69. The molecule has 0 N–H and O–H groups in total. The summed E-state index contributed by atoms with van der Waals surface area (Å²) < 4.78 is 102. The SMILES string of the molecule is C[Si](C)(C)C(I)CC(F)(F)C(F)(F)C(F)(F)C(F)(F)Cl. The highest BCUT2D eigenvalue weighted by Crippen LogP contribution is 2.55. The van der Waals surface area contributed by atoms with Crippen molar-refractivity contribution in [1.29, 1.82) is 0 Å². The van der Waals surface area contributed by atoms with E-state index in [1.54, 1.807) is 19.6 Å². The van der Waals surface area contributed by atoms with Crippen molar-refractivity contribution >= 4 is 42.3 Å². The summed E-state index contributed by atoms with van der Waals surface area (Å²) >= 11 is 5.30. The first-order valence-corrected chi connectivity index (χ1v) is 10.4. The molecule has 0 spiro atoms. The Hall–Kier alpha value is 0.677. The number of alkyl halides is 10. The van der Waals surface area contributed by atoms with Crippen molar-refractivity contribution in [2.75, 3.05) is 0 Å². The second-order valence-electron chi connectivity index (χ2n) is 5.39. The summed E-state index contributed by atoms with van der Waals surface area (Å²) in [4.78, 5) is 0. The Morgan fingerprint density at radius 2 is 1.25 bits per heavy atom. The lowest BCUT2D eigenvalue weighted by molar-refractivity contribution is -0.348. The molecular formula is C9H12ClF8ISi. The van der Waals surface area contributed by atoms with Crippen molar-refractivity contribution in [2.45, 2.75) is 52.8 Å². The minimum absolute atomic E-state index is 1.01. The van der Waals surface area contributed by atoms with Crippen LogP contribution in [0.5, 0.6) is 0 Å². The van der Waals surface area contributed by atoms with Gasteiger partial charge in [-0.1, -0.05) is 42.2 Å². The molecule has 0 saturated carbocycles. The van der Waals surface area contributed by atoms with Gasteiger partial charge in [-0.25, -0.2) is 0 Å². The van der Waals surface area contributed by atoms with Crippen LogP contribution in [0, 0.1) is 0 Å². The Morgan fingerprint density at radius 1 is 0.900 bits per heavy atom. The number of hydrogen-bond acceptors (Lipinski definition) is 0. The van der Waals surface area contributed by atoms with Gasteiger partial charge < -0.3 is 0 Å². The van der Waals surface area contributed by atoms with Crippen molar-refractivity contribution in [3.05, 3.63) is 0 Å². The van der Waals surface area contributed by atoms with Crippen molar-refractivity contribution in [2.24, 2.45) is 0 Å². The highest BCUT2D eigenvalue weighted by Gasteiger charge is 2.80. The summed E-state index contributed by atoms with van der Waals surface area (Å²) in [7, 11) is -2.35. The molecule has 0 bridgehead atoms. The molecule has 1 atom stereocenters. The van der Waals surface area contributed by atoms with E-state index in [9.17, 15) is 35.1 Å². The maximum Gasteiger partial charge on any atom is 0.392 e. The molecule has 0 radical (unpaired) electrons. The van der Waals surface area contributed by atoms with E-state index in [0.717, 1.165) is 0 Å². The van der Waals surface area contributed by atoms with Crippen LogP contribution in [-0.4, -0.2) is 34.8 Å². The summed E-state index contributed by atoms with van der Waals surface area (Å²) in [6.07, 6.45) is -1.63. The van der Waals surface area contributed by atoms with Crippen LogP contribution in [-0.2, 0) is 0 Å². The normalized spacial score (nSPS) is 17.2. The van der Waals surface area contributed by atoms with Crippen molar-refractivity contribution in [1.82, 2.24) is 0 Å². The summed E-state index contributed by atoms with van der Waals surface area (Å²) in [5, 5.41) is -5.78. The molecule has 0 aromatic rings. The van der Waals surface area contributed by atoms with E-state index in [2.05, 4.69) is 11.6 Å². The zero-order valence-electron chi connectivity index (χ0n) is 10.6. The number of rotatable bonds is 6. The number of halogens is 10. The monoisotopic (exact) mass is 462 g/mol. The molecule has 0 aromatic carbocycles. The third-order valence-electron chi connectivity index (χ3n) is 2.59. The Balaban J connectivity index is 5.48. The molecule has 0 aliphatic rings. The molecule has 0 rings (SSSR count). The summed E-state index contributed by atoms with van der Waals surface area (Å²) in [5.41, 5.74) is 0. The van der Waals surface area contributed by atoms with Crippen LogP contribution >= 0.6 is 34.2 Å². The molecule has 0 aliphatic heterocycles. The third-order valence-corrected chi connectivity index (χ3v) is 11.0. The zero-order valence-corrected chi connectivity index (χ0v) is 14.5. The third kappa shape index (κ3) is 3.90. The zero-order chi connectivity index (χ0) is 16.8. The van der Waals surface area contributed by atoms with Gasteiger partial charge in [-0.3, -0.25) is 0 Å². The first-order valence-electron chi connectivity index (χ1n) is 5.22. The van der Waals surface area contributed by atoms with E-state index in [0.29, 0.717) is 0 Å². The smallest absolute Gasteiger partial charge is 0.200 e. The highest BCUT2D eigenvalue weighted by molar-refractivity contribution is 14.1. The van der Waals surface area contributed by atoms with Gasteiger partial charge in [0.1, 0.15) is 0 Å². The fourth-order valence-corrected chi connectivity index (χ4v) is 2.61. The largest absolute Gasteiger partial charge is 0.392 e. The van der Waals surface area contributed by atoms with Crippen LogP contribution in [0.3, 0.4) is 0 Å². The fraction of sp³-hybridized carbons (Fsp3) is 1.00. The van der Waals surface area contributed by atoms with E-state index < -0.39 is 41.2 Å². The van der Waals surface area contributed by atoms with Crippen LogP contribution in [0.15, 0.2) is 0 Å². The molecule has 0 nitrogen and oxygen atoms in total. The van der Waals surface area contributed by atoms with Crippen LogP contribution < -0.4 is 0 Å². The van der Waals surface area contributed by atoms with E-state index in [1.165, 1.54) is 22.6 Å². The second-order valence-corrected chi connectivity index (χ2v) is 14.0. The van der Waals surface area contributed by atoms with Crippen molar-refractivity contribution in [3.63, 3.8) is 0 Å². The topological polar surface area (TPSA) is 0 Å². The Morgan fingerprint density at radius 3 is 1.50 bits per heavy atom. The fourth-order valence-electron chi connectivity index (χ4n) is 1.07. The molecular weight excluding hydrogens is 451 g/mol. The first-order chi connectivity index (χ1) is 8.38. The molecule has 0 saturated heterocycles. The van der Waals surface area contributed by atoms with E-state index >= 15 is 0 Å². The van der Waals surface area contributed by atoms with Gasteiger partial charge in [-0.2, -0.15) is 35.1 Å². The maximum atomic E-state index is 13.4. The average molecular weight is 463 g/mol. The van der Waals surface area contributed by atoms with E-state index in [1.807, 2.05) is 0 Å². The van der Waals surface area contributed by atoms with Crippen LogP contribution in [0.25, 0.3) is 0 Å². The Bertz CT molecular complexity index is 349. The molecule has 0 aromatic heterocycles. The van der Waals surface area contributed by atoms with Gasteiger partial charge >= 0.3 is 23.1 Å². The lowest BCUT2D eigenvalue weighted by Crippen LogP contribution is -2.61. The molecule has 0 heterocycles. The van der Waals surface area contributed by atoms with Gasteiger partial charge in [0.2, 0.25) is 0 Å². The second kappa shape index (κ2) is 5.71. The average Bonchev–Trinajstić information content (AvgIpc) is 2.12. The molecule has 20 heavy (non-hydrogen) atoms. The van der Waals surface area contributed by atoms with Gasteiger partial charge in [0.15, 0.2) is 0 Å². The van der Waals surface area contributed by atoms with Gasteiger partial charge in [0.05, 0.1) is 8.07 Å². The minimum atomic E-state index is -6.36. The number of hydrogen-bond donors (Lipinski definition) is 0. The minimum Gasteiger partial charge on any atom is -0.200 e. The Kier molecular flexibility index (Phi) is 5.90. The highest BCUT2D eigenvalue weighted by atomic mass is 127. The summed E-state index contributed by atoms with van der Waals surface area (Å²) in [6, 6.07) is 0. The van der Waals surface area contributed by atoms with Crippen molar-refractivity contribution in [3.8, 4) is 0 Å². The van der Waals surface area contributed by atoms with E-state index in [4.69, 9.17) is 0 Å². The predicted octanol–water partition coefficient (Wildman–Crippen LogP) is 5.80. The van der Waals surface area contributed by atoms with Gasteiger partial charge in [-0.15, -0.1) is 0 Å². The van der Waals surface area contributed by atoms with Crippen molar-refractivity contribution < 1.29 is 35.1 Å². The molecule has 0 fully saturated rings. The summed E-state index contributed by atoms with van der Waals surface area (Å²) in [5.74, 6) is -17.9. The first kappa shape index (κ1) is 20.7. The quantitative estimate of drug-likeness (QED) is 0.203. The molecule has 0 aliphatic carbocycles. The van der Waals surface area contributed by atoms with Gasteiger partial charge in [0.25, 0.3) is 0 Å². The van der Waals surface area contributed by atoms with E-state index in [-0.39, 0.29) is 0 Å². The molecule has 122 valence electrons. The van der Waals surface area contributed by atoms with Crippen LogP contribution in [0.2, 0.25) is 19.6 Å². The van der Waals surface area contributed by atoms with Crippen LogP contribution in [0.4, 0.5) is 35.1 Å². The Labute approximate surface area is 130 Å². The molecule has 0 amide bonds. The van der Waals surface area contributed by atoms with Gasteiger partial charge in [0, 0.05) is 9.97 Å². The lowest BCUT2D eigenvalue weighted by atomic mass is 10.0. The predicted molar refractivity (Wildman–Crippen MR) is 71.4 cm³/mol. The standard InChI is InChI=1S/C9H12ClF8ISi/c1-20(2,3)5(19)4-6(11,12)7(13,14)8(15,16)9(10,17)18/h5H,4H2,1-3H3. The van der Waals surface area contributed by atoms with Gasteiger partial charge in [-0.05, 0) is 11.6 Å². The molecule has 1 unspecified atom stereocenters. The maximum absolute atomic E-state index is 13.4. The molecule has 11 heteroatoms. The van der Waals surface area contributed by atoms with Crippen LogP contribution in [0.1, 0.15) is 6.42 Å². The lowest BCUT2D eigenvalue weighted by Gasteiger charge is -2.36.